The predicted molar refractivity (Wildman–Crippen MR) is 107 cm³/mol. The topological polar surface area (TPSA) is 53.5 Å². The number of carbonyl (C=O) groups excluding carboxylic acids is 2. The SMILES string of the molecule is Cc1cc(N2C[C@@H](C(=O)N3CCC[C@@H]3c3ccncc3)CC2=O)ccc1Br. The molecule has 2 aromatic rings. The van der Waals surface area contributed by atoms with Crippen LogP contribution in [0, 0.1) is 12.8 Å². The molecule has 27 heavy (non-hydrogen) atoms. The first-order valence-electron chi connectivity index (χ1n) is 9.31. The highest BCUT2D eigenvalue weighted by atomic mass is 79.9. The Labute approximate surface area is 167 Å². The van der Waals surface area contributed by atoms with Gasteiger partial charge < -0.3 is 9.80 Å². The molecule has 1 aromatic heterocycles. The zero-order valence-electron chi connectivity index (χ0n) is 15.3. The summed E-state index contributed by atoms with van der Waals surface area (Å²) < 4.78 is 1.02. The Balaban J connectivity index is 1.51. The molecule has 0 N–H and O–H groups in total. The number of aryl methyl sites for hydroxylation is 1. The van der Waals surface area contributed by atoms with E-state index in [9.17, 15) is 9.59 Å². The fraction of sp³-hybridized carbons (Fsp3) is 0.381. The lowest BCUT2D eigenvalue weighted by Crippen LogP contribution is -2.37. The molecule has 140 valence electrons. The average molecular weight is 428 g/mol. The van der Waals surface area contributed by atoms with Crippen molar-refractivity contribution >= 4 is 33.4 Å². The molecule has 1 aromatic carbocycles. The van der Waals surface area contributed by atoms with Crippen LogP contribution in [0.4, 0.5) is 5.69 Å². The van der Waals surface area contributed by atoms with Crippen molar-refractivity contribution in [2.75, 3.05) is 18.0 Å². The molecular formula is C21H22BrN3O2. The van der Waals surface area contributed by atoms with Gasteiger partial charge in [-0.15, -0.1) is 0 Å². The Hall–Kier alpha value is -2.21. The molecule has 6 heteroatoms. The fourth-order valence-corrected chi connectivity index (χ4v) is 4.36. The van der Waals surface area contributed by atoms with Crippen LogP contribution in [0.2, 0.25) is 0 Å². The van der Waals surface area contributed by atoms with Crippen molar-refractivity contribution in [3.05, 3.63) is 58.3 Å². The number of likely N-dealkylation sites (tertiary alicyclic amines) is 1. The second-order valence-corrected chi connectivity index (χ2v) is 8.16. The highest BCUT2D eigenvalue weighted by Crippen LogP contribution is 2.35. The summed E-state index contributed by atoms with van der Waals surface area (Å²) in [6.07, 6.45) is 5.79. The van der Waals surface area contributed by atoms with Gasteiger partial charge in [-0.05, 0) is 61.2 Å². The van der Waals surface area contributed by atoms with Crippen LogP contribution in [-0.2, 0) is 9.59 Å². The number of benzene rings is 1. The number of amides is 2. The average Bonchev–Trinajstić information content (AvgIpc) is 3.31. The summed E-state index contributed by atoms with van der Waals surface area (Å²) in [6, 6.07) is 9.93. The number of hydrogen-bond acceptors (Lipinski definition) is 3. The third-order valence-electron chi connectivity index (χ3n) is 5.55. The molecular weight excluding hydrogens is 406 g/mol. The van der Waals surface area contributed by atoms with Crippen LogP contribution < -0.4 is 4.90 Å². The lowest BCUT2D eigenvalue weighted by Gasteiger charge is -2.27. The predicted octanol–water partition coefficient (Wildman–Crippen LogP) is 3.87. The van der Waals surface area contributed by atoms with Gasteiger partial charge in [-0.3, -0.25) is 14.6 Å². The Morgan fingerprint density at radius 1 is 1.22 bits per heavy atom. The lowest BCUT2D eigenvalue weighted by atomic mass is 10.0. The molecule has 2 saturated heterocycles. The quantitative estimate of drug-likeness (QED) is 0.746. The molecule has 2 fully saturated rings. The van der Waals surface area contributed by atoms with Crippen LogP contribution in [0.1, 0.15) is 36.4 Å². The molecule has 0 unspecified atom stereocenters. The van der Waals surface area contributed by atoms with Gasteiger partial charge in [0, 0.05) is 42.1 Å². The van der Waals surface area contributed by atoms with Gasteiger partial charge in [0.1, 0.15) is 0 Å². The van der Waals surface area contributed by atoms with Crippen LogP contribution in [0.15, 0.2) is 47.2 Å². The molecule has 0 saturated carbocycles. The van der Waals surface area contributed by atoms with Crippen LogP contribution in [0.3, 0.4) is 0 Å². The molecule has 2 amide bonds. The smallest absolute Gasteiger partial charge is 0.228 e. The summed E-state index contributed by atoms with van der Waals surface area (Å²) in [5.74, 6) is -0.155. The van der Waals surface area contributed by atoms with Crippen LogP contribution in [0.25, 0.3) is 0 Å². The van der Waals surface area contributed by atoms with E-state index < -0.39 is 0 Å². The second kappa shape index (κ2) is 7.43. The van der Waals surface area contributed by atoms with Crippen molar-refractivity contribution in [3.8, 4) is 0 Å². The number of pyridine rings is 1. The number of rotatable bonds is 3. The summed E-state index contributed by atoms with van der Waals surface area (Å²) in [7, 11) is 0. The van der Waals surface area contributed by atoms with E-state index in [1.807, 2.05) is 42.2 Å². The molecule has 2 atom stereocenters. The molecule has 0 radical (unpaired) electrons. The van der Waals surface area contributed by atoms with E-state index in [-0.39, 0.29) is 30.2 Å². The van der Waals surface area contributed by atoms with Gasteiger partial charge in [0.15, 0.2) is 0 Å². The van der Waals surface area contributed by atoms with Crippen molar-refractivity contribution < 1.29 is 9.59 Å². The standard InChI is InChI=1S/C21H22BrN3O2/c1-14-11-17(4-5-18(14)22)25-13-16(12-20(25)26)21(27)24-10-2-3-19(24)15-6-8-23-9-7-15/h4-9,11,16,19H,2-3,10,12-13H2,1H3/t16-,19+/m0/s1. The highest BCUT2D eigenvalue weighted by Gasteiger charge is 2.40. The van der Waals surface area contributed by atoms with Crippen molar-refractivity contribution in [1.82, 2.24) is 9.88 Å². The first kappa shape index (κ1) is 18.2. The Kier molecular flexibility index (Phi) is 5.00. The van der Waals surface area contributed by atoms with E-state index in [0.717, 1.165) is 40.7 Å². The molecule has 0 spiro atoms. The number of nitrogens with zero attached hydrogens (tertiary/aromatic N) is 3. The molecule has 2 aliphatic heterocycles. The van der Waals surface area contributed by atoms with E-state index in [0.29, 0.717) is 6.54 Å². The van der Waals surface area contributed by atoms with Crippen LogP contribution in [0.5, 0.6) is 0 Å². The van der Waals surface area contributed by atoms with Gasteiger partial charge in [0.2, 0.25) is 11.8 Å². The van der Waals surface area contributed by atoms with Gasteiger partial charge in [-0.1, -0.05) is 15.9 Å². The van der Waals surface area contributed by atoms with Crippen molar-refractivity contribution in [2.24, 2.45) is 5.92 Å². The number of hydrogen-bond donors (Lipinski definition) is 0. The van der Waals surface area contributed by atoms with E-state index >= 15 is 0 Å². The van der Waals surface area contributed by atoms with Gasteiger partial charge in [0.05, 0.1) is 12.0 Å². The molecule has 4 rings (SSSR count). The minimum absolute atomic E-state index is 0.0229. The maximum absolute atomic E-state index is 13.2. The van der Waals surface area contributed by atoms with Gasteiger partial charge in [-0.2, -0.15) is 0 Å². The number of carbonyl (C=O) groups is 2. The third-order valence-corrected chi connectivity index (χ3v) is 6.44. The van der Waals surface area contributed by atoms with E-state index in [1.54, 1.807) is 17.3 Å². The molecule has 3 heterocycles. The Morgan fingerprint density at radius 3 is 2.74 bits per heavy atom. The fourth-order valence-electron chi connectivity index (χ4n) is 4.12. The summed E-state index contributed by atoms with van der Waals surface area (Å²) in [6.45, 7) is 3.21. The maximum Gasteiger partial charge on any atom is 0.228 e. The zero-order valence-corrected chi connectivity index (χ0v) is 16.9. The number of halogens is 1. The maximum atomic E-state index is 13.2. The van der Waals surface area contributed by atoms with Crippen molar-refractivity contribution in [1.29, 1.82) is 0 Å². The van der Waals surface area contributed by atoms with Crippen molar-refractivity contribution in [2.45, 2.75) is 32.2 Å². The molecule has 5 nitrogen and oxygen atoms in total. The van der Waals surface area contributed by atoms with Crippen LogP contribution >= 0.6 is 15.9 Å². The molecule has 0 aliphatic carbocycles. The minimum atomic E-state index is -0.274. The van der Waals surface area contributed by atoms with Gasteiger partial charge >= 0.3 is 0 Å². The van der Waals surface area contributed by atoms with E-state index in [2.05, 4.69) is 20.9 Å². The van der Waals surface area contributed by atoms with E-state index in [4.69, 9.17) is 0 Å². The van der Waals surface area contributed by atoms with Gasteiger partial charge in [0.25, 0.3) is 0 Å². The minimum Gasteiger partial charge on any atom is -0.335 e. The van der Waals surface area contributed by atoms with Crippen molar-refractivity contribution in [3.63, 3.8) is 0 Å². The molecule has 0 bridgehead atoms. The largest absolute Gasteiger partial charge is 0.335 e. The normalized spacial score (nSPS) is 22.5. The Morgan fingerprint density at radius 2 is 2.00 bits per heavy atom. The number of aromatic nitrogens is 1. The number of anilines is 1. The van der Waals surface area contributed by atoms with E-state index in [1.165, 1.54) is 0 Å². The highest BCUT2D eigenvalue weighted by molar-refractivity contribution is 9.10. The summed E-state index contributed by atoms with van der Waals surface area (Å²) >= 11 is 3.49. The second-order valence-electron chi connectivity index (χ2n) is 7.31. The van der Waals surface area contributed by atoms with Gasteiger partial charge in [-0.25, -0.2) is 0 Å². The lowest BCUT2D eigenvalue weighted by molar-refractivity contribution is -0.136. The Bertz CT molecular complexity index is 871. The first-order valence-corrected chi connectivity index (χ1v) is 10.1. The van der Waals surface area contributed by atoms with Crippen LogP contribution in [-0.4, -0.2) is 34.8 Å². The summed E-state index contributed by atoms with van der Waals surface area (Å²) in [4.78, 5) is 33.6. The summed E-state index contributed by atoms with van der Waals surface area (Å²) in [5.41, 5.74) is 3.07. The monoisotopic (exact) mass is 427 g/mol. The first-order chi connectivity index (χ1) is 13.0. The summed E-state index contributed by atoms with van der Waals surface area (Å²) in [5, 5.41) is 0. The third kappa shape index (κ3) is 3.50. The molecule has 2 aliphatic rings. The zero-order chi connectivity index (χ0) is 19.0.